The number of hydrogen-bond acceptors (Lipinski definition) is 3. The van der Waals surface area contributed by atoms with Gasteiger partial charge in [-0.3, -0.25) is 4.90 Å². The van der Waals surface area contributed by atoms with E-state index in [0.29, 0.717) is 12.6 Å². The molecule has 0 aliphatic carbocycles. The Morgan fingerprint density at radius 1 is 1.39 bits per heavy atom. The molecule has 18 heavy (non-hydrogen) atoms. The second-order valence-corrected chi connectivity index (χ2v) is 5.10. The fourth-order valence-corrected chi connectivity index (χ4v) is 2.58. The van der Waals surface area contributed by atoms with Gasteiger partial charge in [0, 0.05) is 37.8 Å². The van der Waals surface area contributed by atoms with Gasteiger partial charge in [-0.15, -0.1) is 0 Å². The predicted molar refractivity (Wildman–Crippen MR) is 71.9 cm³/mol. The summed E-state index contributed by atoms with van der Waals surface area (Å²) >= 11 is 0. The first-order valence-corrected chi connectivity index (χ1v) is 6.52. The summed E-state index contributed by atoms with van der Waals surface area (Å²) in [6, 6.07) is 7.43. The van der Waals surface area contributed by atoms with Crippen molar-refractivity contribution in [3.05, 3.63) is 35.6 Å². The Balaban J connectivity index is 2.17. The molecule has 1 aromatic carbocycles. The molecule has 2 N–H and O–H groups in total. The maximum atomic E-state index is 13.9. The van der Waals surface area contributed by atoms with Crippen molar-refractivity contribution < 1.29 is 4.39 Å². The van der Waals surface area contributed by atoms with Gasteiger partial charge in [0.05, 0.1) is 6.04 Å². The van der Waals surface area contributed by atoms with E-state index in [1.807, 2.05) is 12.1 Å². The molecule has 0 aromatic heterocycles. The predicted octanol–water partition coefficient (Wildman–Crippen LogP) is 1.46. The molecule has 3 nitrogen and oxygen atoms in total. The van der Waals surface area contributed by atoms with Gasteiger partial charge in [0.15, 0.2) is 0 Å². The van der Waals surface area contributed by atoms with Crippen LogP contribution in [0.4, 0.5) is 4.39 Å². The topological polar surface area (TPSA) is 32.5 Å². The standard InChI is InChI=1S/C14H22FN3/c1-11-10-18(8-7-17(11)2)14(9-16)12-5-3-4-6-13(12)15/h3-6,11,14H,7-10,16H2,1-2H3. The Morgan fingerprint density at radius 2 is 2.11 bits per heavy atom. The van der Waals surface area contributed by atoms with Crippen molar-refractivity contribution in [3.63, 3.8) is 0 Å². The molecule has 1 heterocycles. The first kappa shape index (κ1) is 13.5. The minimum absolute atomic E-state index is 0.0117. The van der Waals surface area contributed by atoms with Crippen LogP contribution in [-0.2, 0) is 0 Å². The summed E-state index contributed by atoms with van der Waals surface area (Å²) in [5, 5.41) is 0. The number of hydrogen-bond donors (Lipinski definition) is 1. The quantitative estimate of drug-likeness (QED) is 0.883. The van der Waals surface area contributed by atoms with Crippen LogP contribution in [0.1, 0.15) is 18.5 Å². The number of benzene rings is 1. The normalized spacial score (nSPS) is 24.1. The zero-order chi connectivity index (χ0) is 13.1. The van der Waals surface area contributed by atoms with Crippen molar-refractivity contribution in [1.29, 1.82) is 0 Å². The Bertz CT molecular complexity index is 396. The molecule has 1 aliphatic heterocycles. The number of nitrogens with zero attached hydrogens (tertiary/aromatic N) is 2. The minimum atomic E-state index is -0.153. The molecule has 0 spiro atoms. The lowest BCUT2D eigenvalue weighted by molar-refractivity contribution is 0.0729. The molecule has 0 radical (unpaired) electrons. The van der Waals surface area contributed by atoms with Crippen LogP contribution in [0, 0.1) is 5.82 Å². The molecule has 2 rings (SSSR count). The highest BCUT2D eigenvalue weighted by atomic mass is 19.1. The number of halogens is 1. The smallest absolute Gasteiger partial charge is 0.128 e. The molecule has 2 atom stereocenters. The second kappa shape index (κ2) is 5.78. The molecule has 0 saturated carbocycles. The van der Waals surface area contributed by atoms with Gasteiger partial charge in [0.25, 0.3) is 0 Å². The molecular formula is C14H22FN3. The van der Waals surface area contributed by atoms with Crippen LogP contribution >= 0.6 is 0 Å². The molecule has 4 heteroatoms. The maximum absolute atomic E-state index is 13.9. The van der Waals surface area contributed by atoms with E-state index in [9.17, 15) is 4.39 Å². The summed E-state index contributed by atoms with van der Waals surface area (Å²) in [6.07, 6.45) is 0. The van der Waals surface area contributed by atoms with Crippen LogP contribution in [0.3, 0.4) is 0 Å². The highest BCUT2D eigenvalue weighted by molar-refractivity contribution is 5.22. The van der Waals surface area contributed by atoms with Crippen LogP contribution in [0.15, 0.2) is 24.3 Å². The third-order valence-corrected chi connectivity index (χ3v) is 3.92. The minimum Gasteiger partial charge on any atom is -0.329 e. The number of nitrogens with two attached hydrogens (primary N) is 1. The second-order valence-electron chi connectivity index (χ2n) is 5.10. The zero-order valence-electron chi connectivity index (χ0n) is 11.1. The Labute approximate surface area is 108 Å². The number of piperazine rings is 1. The average molecular weight is 251 g/mol. The van der Waals surface area contributed by atoms with Gasteiger partial charge in [-0.25, -0.2) is 4.39 Å². The van der Waals surface area contributed by atoms with Crippen LogP contribution < -0.4 is 5.73 Å². The van der Waals surface area contributed by atoms with Gasteiger partial charge in [0.2, 0.25) is 0 Å². The lowest BCUT2D eigenvalue weighted by Gasteiger charge is -2.41. The molecule has 1 fully saturated rings. The van der Waals surface area contributed by atoms with Crippen LogP contribution in [0.5, 0.6) is 0 Å². The molecule has 0 amide bonds. The van der Waals surface area contributed by atoms with E-state index >= 15 is 0 Å². The van der Waals surface area contributed by atoms with Gasteiger partial charge in [0.1, 0.15) is 5.82 Å². The van der Waals surface area contributed by atoms with Crippen LogP contribution in [-0.4, -0.2) is 49.1 Å². The summed E-state index contributed by atoms with van der Waals surface area (Å²) < 4.78 is 13.9. The maximum Gasteiger partial charge on any atom is 0.128 e. The lowest BCUT2D eigenvalue weighted by atomic mass is 10.0. The summed E-state index contributed by atoms with van der Waals surface area (Å²) in [5.74, 6) is -0.153. The Morgan fingerprint density at radius 3 is 2.72 bits per heavy atom. The molecule has 1 aromatic rings. The fraction of sp³-hybridized carbons (Fsp3) is 0.571. The molecular weight excluding hydrogens is 229 g/mol. The van der Waals surface area contributed by atoms with Crippen molar-refractivity contribution in [2.24, 2.45) is 5.73 Å². The molecule has 100 valence electrons. The first-order chi connectivity index (χ1) is 8.63. The van der Waals surface area contributed by atoms with Crippen molar-refractivity contribution >= 4 is 0 Å². The van der Waals surface area contributed by atoms with E-state index in [1.165, 1.54) is 6.07 Å². The van der Waals surface area contributed by atoms with Crippen LogP contribution in [0.2, 0.25) is 0 Å². The summed E-state index contributed by atoms with van der Waals surface area (Å²) in [4.78, 5) is 4.62. The van der Waals surface area contributed by atoms with E-state index in [4.69, 9.17) is 5.73 Å². The highest BCUT2D eigenvalue weighted by Crippen LogP contribution is 2.24. The number of rotatable bonds is 3. The largest absolute Gasteiger partial charge is 0.329 e. The Kier molecular flexibility index (Phi) is 4.32. The van der Waals surface area contributed by atoms with E-state index in [2.05, 4.69) is 23.8 Å². The van der Waals surface area contributed by atoms with Crippen molar-refractivity contribution in [1.82, 2.24) is 9.80 Å². The Hall–Kier alpha value is -0.970. The van der Waals surface area contributed by atoms with Gasteiger partial charge < -0.3 is 10.6 Å². The van der Waals surface area contributed by atoms with Crippen molar-refractivity contribution in [2.75, 3.05) is 33.2 Å². The molecule has 2 unspecified atom stereocenters. The van der Waals surface area contributed by atoms with E-state index in [1.54, 1.807) is 6.07 Å². The van der Waals surface area contributed by atoms with Crippen molar-refractivity contribution in [3.8, 4) is 0 Å². The fourth-order valence-electron chi connectivity index (χ4n) is 2.58. The molecule has 1 aliphatic rings. The molecule has 1 saturated heterocycles. The van der Waals surface area contributed by atoms with Gasteiger partial charge in [-0.05, 0) is 20.0 Å². The molecule has 0 bridgehead atoms. The summed E-state index contributed by atoms with van der Waals surface area (Å²) in [6.45, 7) is 5.54. The lowest BCUT2D eigenvalue weighted by Crippen LogP contribution is -2.52. The monoisotopic (exact) mass is 251 g/mol. The third-order valence-electron chi connectivity index (χ3n) is 3.92. The summed E-state index contributed by atoms with van der Waals surface area (Å²) in [5.41, 5.74) is 6.58. The summed E-state index contributed by atoms with van der Waals surface area (Å²) in [7, 11) is 2.13. The van der Waals surface area contributed by atoms with E-state index < -0.39 is 0 Å². The van der Waals surface area contributed by atoms with Gasteiger partial charge >= 0.3 is 0 Å². The highest BCUT2D eigenvalue weighted by Gasteiger charge is 2.27. The number of likely N-dealkylation sites (N-methyl/N-ethyl adjacent to an activating group) is 1. The van der Waals surface area contributed by atoms with Crippen LogP contribution in [0.25, 0.3) is 0 Å². The first-order valence-electron chi connectivity index (χ1n) is 6.52. The van der Waals surface area contributed by atoms with Crippen molar-refractivity contribution in [2.45, 2.75) is 19.0 Å². The third kappa shape index (κ3) is 2.71. The van der Waals surface area contributed by atoms with Gasteiger partial charge in [-0.2, -0.15) is 0 Å². The zero-order valence-corrected chi connectivity index (χ0v) is 11.1. The van der Waals surface area contributed by atoms with Gasteiger partial charge in [-0.1, -0.05) is 18.2 Å². The average Bonchev–Trinajstić information content (AvgIpc) is 2.37. The van der Waals surface area contributed by atoms with E-state index in [-0.39, 0.29) is 11.9 Å². The SMILES string of the molecule is CC1CN(C(CN)c2ccccc2F)CCN1C. The van der Waals surface area contributed by atoms with E-state index in [0.717, 1.165) is 25.2 Å².